The van der Waals surface area contributed by atoms with Gasteiger partial charge in [0.25, 0.3) is 0 Å². The average molecular weight is 317 g/mol. The number of hydrogen-bond acceptors (Lipinski definition) is 4. The second-order valence-corrected chi connectivity index (χ2v) is 5.93. The fraction of sp³-hybridized carbons (Fsp3) is 0.125. The fourth-order valence-corrected chi connectivity index (χ4v) is 2.62. The zero-order chi connectivity index (χ0) is 14.7. The van der Waals surface area contributed by atoms with Gasteiger partial charge >= 0.3 is 0 Å². The summed E-state index contributed by atoms with van der Waals surface area (Å²) in [5, 5.41) is 4.90. The predicted octanol–water partition coefficient (Wildman–Crippen LogP) is 4.75. The van der Waals surface area contributed by atoms with E-state index in [1.807, 2.05) is 48.5 Å². The van der Waals surface area contributed by atoms with Crippen molar-refractivity contribution >= 4 is 23.1 Å². The van der Waals surface area contributed by atoms with Crippen LogP contribution in [0.2, 0.25) is 5.02 Å². The van der Waals surface area contributed by atoms with Gasteiger partial charge in [-0.3, -0.25) is 0 Å². The second kappa shape index (κ2) is 6.24. The molecule has 0 aliphatic carbocycles. The van der Waals surface area contributed by atoms with Gasteiger partial charge in [-0.15, -0.1) is 5.10 Å². The lowest BCUT2D eigenvalue weighted by molar-refractivity contribution is 0.310. The van der Waals surface area contributed by atoms with Crippen molar-refractivity contribution in [1.29, 1.82) is 0 Å². The van der Waals surface area contributed by atoms with Crippen molar-refractivity contribution in [2.24, 2.45) is 0 Å². The van der Waals surface area contributed by atoms with Crippen molar-refractivity contribution in [2.45, 2.75) is 13.5 Å². The molecule has 0 N–H and O–H groups in total. The maximum Gasteiger partial charge on any atom is 0.126 e. The van der Waals surface area contributed by atoms with E-state index in [9.17, 15) is 0 Å². The molecule has 0 aliphatic rings. The van der Waals surface area contributed by atoms with Crippen molar-refractivity contribution in [3.63, 3.8) is 0 Å². The molecule has 106 valence electrons. The van der Waals surface area contributed by atoms with E-state index < -0.39 is 0 Å². The van der Waals surface area contributed by atoms with E-state index in [1.54, 1.807) is 0 Å². The van der Waals surface area contributed by atoms with E-state index in [2.05, 4.69) is 16.5 Å². The van der Waals surface area contributed by atoms with Gasteiger partial charge in [-0.05, 0) is 42.7 Å². The summed E-state index contributed by atoms with van der Waals surface area (Å²) < 4.78 is 9.82. The van der Waals surface area contributed by atoms with Crippen molar-refractivity contribution < 1.29 is 4.74 Å². The Morgan fingerprint density at radius 2 is 1.76 bits per heavy atom. The molecule has 0 atom stereocenters. The molecule has 1 aromatic heterocycles. The summed E-state index contributed by atoms with van der Waals surface area (Å²) in [5.41, 5.74) is 3.06. The Morgan fingerprint density at radius 3 is 2.48 bits per heavy atom. The number of hydrogen-bond donors (Lipinski definition) is 0. The smallest absolute Gasteiger partial charge is 0.126 e. The highest BCUT2D eigenvalue weighted by molar-refractivity contribution is 7.05. The Labute approximate surface area is 132 Å². The lowest BCUT2D eigenvalue weighted by atomic mass is 10.1. The van der Waals surface area contributed by atoms with Crippen LogP contribution in [0.4, 0.5) is 0 Å². The monoisotopic (exact) mass is 316 g/mol. The Bertz CT molecular complexity index is 723. The van der Waals surface area contributed by atoms with Gasteiger partial charge in [-0.25, -0.2) is 0 Å². The largest absolute Gasteiger partial charge is 0.488 e. The van der Waals surface area contributed by atoms with Crippen LogP contribution >= 0.6 is 23.1 Å². The molecule has 0 radical (unpaired) electrons. The van der Waals surface area contributed by atoms with Crippen LogP contribution in [0.1, 0.15) is 10.4 Å². The van der Waals surface area contributed by atoms with Crippen LogP contribution in [0.25, 0.3) is 11.3 Å². The lowest BCUT2D eigenvalue weighted by Gasteiger charge is -2.06. The Morgan fingerprint density at radius 1 is 1.05 bits per heavy atom. The molecule has 3 aromatic rings. The van der Waals surface area contributed by atoms with Crippen LogP contribution in [-0.2, 0) is 6.61 Å². The zero-order valence-electron chi connectivity index (χ0n) is 11.4. The zero-order valence-corrected chi connectivity index (χ0v) is 13.0. The molecular formula is C16H13ClN2OS. The second-order valence-electron chi connectivity index (χ2n) is 4.65. The minimum Gasteiger partial charge on any atom is -0.488 e. The number of nitrogens with zero attached hydrogens (tertiary/aromatic N) is 2. The van der Waals surface area contributed by atoms with Crippen LogP contribution < -0.4 is 4.74 Å². The van der Waals surface area contributed by atoms with Gasteiger partial charge in [-0.1, -0.05) is 45.9 Å². The van der Waals surface area contributed by atoms with Gasteiger partial charge in [-0.2, -0.15) is 0 Å². The third kappa shape index (κ3) is 3.40. The summed E-state index contributed by atoms with van der Waals surface area (Å²) in [4.78, 5) is 0.998. The van der Waals surface area contributed by atoms with E-state index in [0.717, 1.165) is 21.9 Å². The first kappa shape index (κ1) is 14.0. The molecule has 0 fully saturated rings. The van der Waals surface area contributed by atoms with E-state index in [1.165, 1.54) is 17.1 Å². The van der Waals surface area contributed by atoms with E-state index in [0.29, 0.717) is 11.6 Å². The summed E-state index contributed by atoms with van der Waals surface area (Å²) in [5.74, 6) is 0.844. The van der Waals surface area contributed by atoms with Crippen LogP contribution in [0, 0.1) is 6.92 Å². The number of ether oxygens (including phenoxy) is 1. The average Bonchev–Trinajstić information content (AvgIpc) is 2.96. The van der Waals surface area contributed by atoms with E-state index in [4.69, 9.17) is 16.3 Å². The number of aromatic nitrogens is 2. The molecule has 0 aliphatic heterocycles. The highest BCUT2D eigenvalue weighted by atomic mass is 35.5. The molecular weight excluding hydrogens is 304 g/mol. The lowest BCUT2D eigenvalue weighted by Crippen LogP contribution is -1.95. The molecule has 0 unspecified atom stereocenters. The first-order valence-electron chi connectivity index (χ1n) is 6.49. The molecule has 0 spiro atoms. The van der Waals surface area contributed by atoms with Gasteiger partial charge in [0.05, 0.1) is 4.88 Å². The minimum absolute atomic E-state index is 0.457. The van der Waals surface area contributed by atoms with Gasteiger partial charge in [0.2, 0.25) is 0 Å². The quantitative estimate of drug-likeness (QED) is 0.697. The third-order valence-corrected chi connectivity index (χ3v) is 4.01. The molecule has 0 saturated heterocycles. The van der Waals surface area contributed by atoms with Crippen molar-refractivity contribution in [3.05, 3.63) is 64.0 Å². The van der Waals surface area contributed by atoms with E-state index >= 15 is 0 Å². The van der Waals surface area contributed by atoms with Crippen molar-refractivity contribution in [2.75, 3.05) is 0 Å². The SMILES string of the molecule is Cc1ccc(OCc2snnc2-c2ccc(Cl)cc2)cc1. The summed E-state index contributed by atoms with van der Waals surface area (Å²) in [7, 11) is 0. The molecule has 1 heterocycles. The highest BCUT2D eigenvalue weighted by Gasteiger charge is 2.11. The minimum atomic E-state index is 0.457. The maximum absolute atomic E-state index is 5.91. The number of rotatable bonds is 4. The third-order valence-electron chi connectivity index (χ3n) is 3.06. The number of halogens is 1. The molecule has 5 heteroatoms. The fourth-order valence-electron chi connectivity index (χ4n) is 1.91. The van der Waals surface area contributed by atoms with Gasteiger partial charge < -0.3 is 4.74 Å². The molecule has 21 heavy (non-hydrogen) atoms. The molecule has 3 nitrogen and oxygen atoms in total. The Balaban J connectivity index is 1.76. The molecule has 2 aromatic carbocycles. The number of benzene rings is 2. The maximum atomic E-state index is 5.91. The van der Waals surface area contributed by atoms with Crippen molar-refractivity contribution in [1.82, 2.24) is 9.59 Å². The standard InChI is InChI=1S/C16H13ClN2OS/c1-11-2-8-14(9-3-11)20-10-15-16(18-19-21-15)12-4-6-13(17)7-5-12/h2-9H,10H2,1H3. The van der Waals surface area contributed by atoms with Crippen LogP contribution in [0.3, 0.4) is 0 Å². The molecule has 0 bridgehead atoms. The summed E-state index contributed by atoms with van der Waals surface area (Å²) >= 11 is 7.26. The normalized spacial score (nSPS) is 10.6. The molecule has 0 saturated carbocycles. The first-order valence-corrected chi connectivity index (χ1v) is 7.64. The van der Waals surface area contributed by atoms with Crippen molar-refractivity contribution in [3.8, 4) is 17.0 Å². The van der Waals surface area contributed by atoms with Gasteiger partial charge in [0.15, 0.2) is 0 Å². The van der Waals surface area contributed by atoms with Crippen LogP contribution in [0.15, 0.2) is 48.5 Å². The van der Waals surface area contributed by atoms with Gasteiger partial charge in [0, 0.05) is 10.6 Å². The Kier molecular flexibility index (Phi) is 4.18. The van der Waals surface area contributed by atoms with Gasteiger partial charge in [0.1, 0.15) is 18.1 Å². The van der Waals surface area contributed by atoms with Crippen LogP contribution in [-0.4, -0.2) is 9.59 Å². The Hall–Kier alpha value is -1.91. The summed E-state index contributed by atoms with van der Waals surface area (Å²) in [6.07, 6.45) is 0. The van der Waals surface area contributed by atoms with E-state index in [-0.39, 0.29) is 0 Å². The molecule has 0 amide bonds. The highest BCUT2D eigenvalue weighted by Crippen LogP contribution is 2.26. The number of aryl methyl sites for hydroxylation is 1. The topological polar surface area (TPSA) is 35.0 Å². The molecule has 3 rings (SSSR count). The summed E-state index contributed by atoms with van der Waals surface area (Å²) in [6.45, 7) is 2.51. The summed E-state index contributed by atoms with van der Waals surface area (Å²) in [6, 6.07) is 15.6. The van der Waals surface area contributed by atoms with Crippen LogP contribution in [0.5, 0.6) is 5.75 Å². The predicted molar refractivity (Wildman–Crippen MR) is 85.9 cm³/mol. The first-order chi connectivity index (χ1) is 10.2.